The molecule has 0 aliphatic rings. The quantitative estimate of drug-likeness (QED) is 0.402. The van der Waals surface area contributed by atoms with Crippen LogP contribution in [-0.4, -0.2) is 32.4 Å². The summed E-state index contributed by atoms with van der Waals surface area (Å²) in [4.78, 5) is 26.9. The lowest BCUT2D eigenvalue weighted by Gasteiger charge is -2.17. The van der Waals surface area contributed by atoms with Crippen LogP contribution >= 0.6 is 11.6 Å². The number of hydrogen-bond donors (Lipinski definition) is 5. The van der Waals surface area contributed by atoms with Crippen molar-refractivity contribution >= 4 is 46.3 Å². The summed E-state index contributed by atoms with van der Waals surface area (Å²) >= 11 is 5.60. The number of pyridine rings is 1. The molecule has 2 aromatic heterocycles. The molecule has 3 rings (SSSR count). The lowest BCUT2D eigenvalue weighted by atomic mass is 10.0. The number of hydrogen-bond acceptors (Lipinski definition) is 4. The zero-order valence-electron chi connectivity index (χ0n) is 15.1. The molecule has 13 heteroatoms. The van der Waals surface area contributed by atoms with E-state index < -0.39 is 34.9 Å². The zero-order chi connectivity index (χ0) is 22.1. The number of aromatic amines is 1. The number of amides is 3. The highest BCUT2D eigenvalue weighted by molar-refractivity contribution is 6.31. The molecular weight excluding hydrogens is 429 g/mol. The summed E-state index contributed by atoms with van der Waals surface area (Å²) in [6, 6.07) is 3.33. The van der Waals surface area contributed by atoms with Gasteiger partial charge in [0.15, 0.2) is 5.82 Å². The number of nitrogens with one attached hydrogen (secondary N) is 4. The van der Waals surface area contributed by atoms with Gasteiger partial charge in [-0.15, -0.1) is 0 Å². The van der Waals surface area contributed by atoms with Gasteiger partial charge in [0.25, 0.3) is 0 Å². The smallest absolute Gasteiger partial charge is 0.417 e. The molecule has 158 valence electrons. The van der Waals surface area contributed by atoms with Gasteiger partial charge in [-0.25, -0.2) is 14.6 Å². The van der Waals surface area contributed by atoms with Crippen LogP contribution in [0.4, 0.5) is 34.4 Å². The highest BCUT2D eigenvalue weighted by Crippen LogP contribution is 2.36. The Morgan fingerprint density at radius 3 is 2.63 bits per heavy atom. The van der Waals surface area contributed by atoms with E-state index in [0.29, 0.717) is 10.9 Å². The largest absolute Gasteiger partial charge is 0.465 e. The third kappa shape index (κ3) is 4.71. The van der Waals surface area contributed by atoms with Gasteiger partial charge in [0.2, 0.25) is 0 Å². The number of fused-ring (bicyclic) bond motifs is 1. The molecular formula is C17H14ClF3N6O3. The van der Waals surface area contributed by atoms with Crippen molar-refractivity contribution in [2.45, 2.75) is 19.1 Å². The summed E-state index contributed by atoms with van der Waals surface area (Å²) in [6.45, 7) is 1.51. The van der Waals surface area contributed by atoms with Crippen LogP contribution < -0.4 is 16.0 Å². The molecule has 0 unspecified atom stereocenters. The number of benzene rings is 1. The molecule has 0 spiro atoms. The second kappa shape index (κ2) is 8.06. The first-order valence-corrected chi connectivity index (χ1v) is 8.70. The van der Waals surface area contributed by atoms with E-state index in [0.717, 1.165) is 12.1 Å². The van der Waals surface area contributed by atoms with E-state index in [-0.39, 0.29) is 17.2 Å². The first-order chi connectivity index (χ1) is 14.0. The van der Waals surface area contributed by atoms with E-state index in [1.807, 2.05) is 0 Å². The van der Waals surface area contributed by atoms with Gasteiger partial charge in [-0.2, -0.15) is 18.3 Å². The molecule has 0 radical (unpaired) electrons. The van der Waals surface area contributed by atoms with Crippen LogP contribution in [0.25, 0.3) is 10.9 Å². The van der Waals surface area contributed by atoms with Crippen molar-refractivity contribution in [3.8, 4) is 0 Å². The second-order valence-corrected chi connectivity index (χ2v) is 6.58. The summed E-state index contributed by atoms with van der Waals surface area (Å²) in [7, 11) is 0. The lowest BCUT2D eigenvalue weighted by molar-refractivity contribution is -0.137. The molecule has 0 bridgehead atoms. The Balaban J connectivity index is 1.70. The topological polar surface area (TPSA) is 132 Å². The Hall–Kier alpha value is -3.54. The number of rotatable bonds is 4. The number of nitrogens with zero attached hydrogens (tertiary/aromatic N) is 2. The van der Waals surface area contributed by atoms with Crippen LogP contribution in [0.2, 0.25) is 5.02 Å². The number of aromatic nitrogens is 3. The van der Waals surface area contributed by atoms with Crippen LogP contribution in [0.3, 0.4) is 0 Å². The Morgan fingerprint density at radius 2 is 1.97 bits per heavy atom. The maximum absolute atomic E-state index is 13.0. The van der Waals surface area contributed by atoms with E-state index in [2.05, 4.69) is 31.1 Å². The van der Waals surface area contributed by atoms with Gasteiger partial charge in [-0.1, -0.05) is 17.7 Å². The third-order valence-electron chi connectivity index (χ3n) is 4.06. The lowest BCUT2D eigenvalue weighted by Crippen LogP contribution is -2.31. The average Bonchev–Trinajstić information content (AvgIpc) is 3.02. The number of anilines is 2. The van der Waals surface area contributed by atoms with Gasteiger partial charge < -0.3 is 10.4 Å². The standard InChI is InChI=1S/C17H14ClF3N6O3/c1-7(8-2-3-11(18)10(4-8)17(19,20)21)23-15(28)24-13-5-12-9(6-22-13)14(27-26-12)25-16(29)30/h2-7H,1H3,(H,29,30)(H2,25,26,27)(H2,22,23,24,28)/t7-/m1/s1. The molecule has 0 fully saturated rings. The van der Waals surface area contributed by atoms with E-state index in [4.69, 9.17) is 16.7 Å². The summed E-state index contributed by atoms with van der Waals surface area (Å²) < 4.78 is 39.0. The van der Waals surface area contributed by atoms with Crippen LogP contribution in [0.15, 0.2) is 30.5 Å². The van der Waals surface area contributed by atoms with E-state index in [1.54, 1.807) is 0 Å². The number of urea groups is 1. The van der Waals surface area contributed by atoms with Crippen molar-refractivity contribution in [3.05, 3.63) is 46.6 Å². The Bertz CT molecular complexity index is 1120. The molecule has 30 heavy (non-hydrogen) atoms. The SMILES string of the molecule is C[C@@H](NC(=O)Nc1cc2[nH]nc(NC(=O)O)c2cn1)c1ccc(Cl)c(C(F)(F)F)c1. The van der Waals surface area contributed by atoms with Crippen molar-refractivity contribution < 1.29 is 27.9 Å². The fourth-order valence-electron chi connectivity index (χ4n) is 2.64. The molecule has 0 aliphatic heterocycles. The number of H-pyrrole nitrogens is 1. The summed E-state index contributed by atoms with van der Waals surface area (Å²) in [5.74, 6) is 0.169. The van der Waals surface area contributed by atoms with E-state index in [9.17, 15) is 22.8 Å². The van der Waals surface area contributed by atoms with Crippen molar-refractivity contribution in [3.63, 3.8) is 0 Å². The normalized spacial score (nSPS) is 12.4. The van der Waals surface area contributed by atoms with Crippen molar-refractivity contribution in [2.75, 3.05) is 10.6 Å². The summed E-state index contributed by atoms with van der Waals surface area (Å²) in [5.41, 5.74) is -0.374. The van der Waals surface area contributed by atoms with Crippen molar-refractivity contribution in [1.82, 2.24) is 20.5 Å². The monoisotopic (exact) mass is 442 g/mol. The Morgan fingerprint density at radius 1 is 1.23 bits per heavy atom. The average molecular weight is 443 g/mol. The van der Waals surface area contributed by atoms with Gasteiger partial charge in [-0.3, -0.25) is 15.7 Å². The predicted molar refractivity (Wildman–Crippen MR) is 103 cm³/mol. The van der Waals surface area contributed by atoms with Gasteiger partial charge in [0, 0.05) is 12.3 Å². The minimum absolute atomic E-state index is 0.0535. The maximum Gasteiger partial charge on any atom is 0.417 e. The molecule has 0 saturated heterocycles. The molecule has 3 aromatic rings. The molecule has 0 aliphatic carbocycles. The van der Waals surface area contributed by atoms with Crippen LogP contribution in [0.5, 0.6) is 0 Å². The van der Waals surface area contributed by atoms with E-state index >= 15 is 0 Å². The van der Waals surface area contributed by atoms with Gasteiger partial charge in [0.1, 0.15) is 5.82 Å². The molecule has 5 N–H and O–H groups in total. The molecule has 9 nitrogen and oxygen atoms in total. The van der Waals surface area contributed by atoms with Crippen LogP contribution in [0.1, 0.15) is 24.1 Å². The van der Waals surface area contributed by atoms with Crippen molar-refractivity contribution in [1.29, 1.82) is 0 Å². The third-order valence-corrected chi connectivity index (χ3v) is 4.39. The minimum Gasteiger partial charge on any atom is -0.465 e. The van der Waals surface area contributed by atoms with Crippen LogP contribution in [0, 0.1) is 0 Å². The Labute approximate surface area is 171 Å². The van der Waals surface area contributed by atoms with Gasteiger partial charge in [0.05, 0.1) is 27.5 Å². The Kier molecular flexibility index (Phi) is 5.69. The fraction of sp³-hybridized carbons (Fsp3) is 0.176. The molecule has 3 amide bonds. The van der Waals surface area contributed by atoms with Crippen LogP contribution in [-0.2, 0) is 6.18 Å². The van der Waals surface area contributed by atoms with Gasteiger partial charge in [-0.05, 0) is 24.6 Å². The fourth-order valence-corrected chi connectivity index (χ4v) is 2.86. The zero-order valence-corrected chi connectivity index (χ0v) is 15.9. The van der Waals surface area contributed by atoms with Gasteiger partial charge >= 0.3 is 18.3 Å². The number of carbonyl (C=O) groups is 2. The second-order valence-electron chi connectivity index (χ2n) is 6.17. The summed E-state index contributed by atoms with van der Waals surface area (Å²) in [6.07, 6.45) is -4.61. The number of alkyl halides is 3. The molecule has 1 aromatic carbocycles. The number of halogens is 4. The molecule has 2 heterocycles. The molecule has 1 atom stereocenters. The van der Waals surface area contributed by atoms with E-state index in [1.165, 1.54) is 25.3 Å². The highest BCUT2D eigenvalue weighted by atomic mass is 35.5. The maximum atomic E-state index is 13.0. The number of carbonyl (C=O) groups excluding carboxylic acids is 1. The highest BCUT2D eigenvalue weighted by Gasteiger charge is 2.33. The van der Waals surface area contributed by atoms with Crippen molar-refractivity contribution in [2.24, 2.45) is 0 Å². The molecule has 0 saturated carbocycles. The summed E-state index contributed by atoms with van der Waals surface area (Å²) in [5, 5.41) is 22.1. The number of carboxylic acid groups (broad SMARTS) is 1. The first kappa shape index (κ1) is 21.2. The predicted octanol–water partition coefficient (Wildman–Crippen LogP) is 4.60. The minimum atomic E-state index is -4.62. The first-order valence-electron chi connectivity index (χ1n) is 8.33.